The van der Waals surface area contributed by atoms with Crippen LogP contribution in [-0.2, 0) is 4.79 Å². The number of thioether (sulfide) groups is 1. The van der Waals surface area contributed by atoms with Gasteiger partial charge in [0.25, 0.3) is 0 Å². The van der Waals surface area contributed by atoms with Gasteiger partial charge in [0.05, 0.1) is 11.9 Å². The van der Waals surface area contributed by atoms with Crippen molar-refractivity contribution >= 4 is 17.7 Å². The first kappa shape index (κ1) is 11.1. The molecule has 1 atom stereocenters. The van der Waals surface area contributed by atoms with Gasteiger partial charge in [-0.1, -0.05) is 12.1 Å². The summed E-state index contributed by atoms with van der Waals surface area (Å²) in [7, 11) is 0. The van der Waals surface area contributed by atoms with Gasteiger partial charge in [-0.15, -0.1) is 11.8 Å². The highest BCUT2D eigenvalue weighted by Gasteiger charge is 2.02. The molecule has 0 radical (unpaired) electrons. The third-order valence-corrected chi connectivity index (χ3v) is 2.74. The van der Waals surface area contributed by atoms with Crippen LogP contribution in [-0.4, -0.2) is 16.8 Å². The molecule has 3 nitrogen and oxygen atoms in total. The van der Waals surface area contributed by atoms with E-state index in [-0.39, 0.29) is 11.7 Å². The van der Waals surface area contributed by atoms with Crippen LogP contribution in [0.5, 0.6) is 0 Å². The first-order valence-corrected chi connectivity index (χ1v) is 5.27. The molecule has 4 heteroatoms. The van der Waals surface area contributed by atoms with E-state index in [0.29, 0.717) is 0 Å². The van der Waals surface area contributed by atoms with Crippen molar-refractivity contribution in [1.29, 1.82) is 0 Å². The molecule has 0 spiro atoms. The molecule has 0 fully saturated rings. The Morgan fingerprint density at radius 3 is 2.93 bits per heavy atom. The number of aliphatic hydroxyl groups excluding tert-OH is 1. The lowest BCUT2D eigenvalue weighted by molar-refractivity contribution is -0.115. The van der Waals surface area contributed by atoms with Gasteiger partial charge in [-0.3, -0.25) is 4.79 Å². The number of hydrogen-bond donors (Lipinski definition) is 2. The third kappa shape index (κ3) is 3.40. The molecule has 0 bridgehead atoms. The normalized spacial score (nSPS) is 12.4. The van der Waals surface area contributed by atoms with Gasteiger partial charge in [0.1, 0.15) is 0 Å². The molecule has 0 aliphatic heterocycles. The van der Waals surface area contributed by atoms with E-state index in [1.807, 2.05) is 24.3 Å². The Morgan fingerprint density at radius 2 is 2.36 bits per heavy atom. The van der Waals surface area contributed by atoms with Gasteiger partial charge in [-0.2, -0.15) is 0 Å². The molecule has 1 amide bonds. The topological polar surface area (TPSA) is 63.3 Å². The van der Waals surface area contributed by atoms with Crippen LogP contribution in [0.25, 0.3) is 0 Å². The number of aliphatic hydroxyl groups is 1. The van der Waals surface area contributed by atoms with Crippen molar-refractivity contribution in [2.75, 3.05) is 5.75 Å². The van der Waals surface area contributed by atoms with Gasteiger partial charge in [-0.05, 0) is 24.6 Å². The molecule has 1 aromatic rings. The number of carbonyl (C=O) groups excluding carboxylic acids is 1. The van der Waals surface area contributed by atoms with Gasteiger partial charge < -0.3 is 10.8 Å². The van der Waals surface area contributed by atoms with E-state index in [0.717, 1.165) is 10.5 Å². The predicted octanol–water partition coefficient (Wildman–Crippen LogP) is 1.32. The zero-order valence-corrected chi connectivity index (χ0v) is 8.75. The van der Waals surface area contributed by atoms with Crippen molar-refractivity contribution in [3.8, 4) is 0 Å². The first-order chi connectivity index (χ1) is 6.59. The van der Waals surface area contributed by atoms with E-state index < -0.39 is 6.10 Å². The summed E-state index contributed by atoms with van der Waals surface area (Å²) in [5, 5.41) is 9.32. The summed E-state index contributed by atoms with van der Waals surface area (Å²) in [6.45, 7) is 1.71. The fraction of sp³-hybridized carbons (Fsp3) is 0.300. The standard InChI is InChI=1S/C10H13NO2S/c1-7(12)8-3-2-4-9(5-8)14-6-10(11)13/h2-5,7,12H,6H2,1H3,(H2,11,13). The Kier molecular flexibility index (Phi) is 3.98. The fourth-order valence-electron chi connectivity index (χ4n) is 1.02. The Hall–Kier alpha value is -1.00. The number of rotatable bonds is 4. The molecule has 3 N–H and O–H groups in total. The van der Waals surface area contributed by atoms with Crippen molar-refractivity contribution in [2.45, 2.75) is 17.9 Å². The largest absolute Gasteiger partial charge is 0.389 e. The molecule has 14 heavy (non-hydrogen) atoms. The molecule has 0 saturated heterocycles. The molecule has 0 aliphatic rings. The summed E-state index contributed by atoms with van der Waals surface area (Å²) in [6.07, 6.45) is -0.482. The fourth-order valence-corrected chi connectivity index (χ4v) is 1.72. The SMILES string of the molecule is CC(O)c1cccc(SCC(N)=O)c1. The van der Waals surface area contributed by atoms with E-state index in [4.69, 9.17) is 5.73 Å². The second-order valence-corrected chi connectivity index (χ2v) is 4.05. The minimum atomic E-state index is -0.482. The quantitative estimate of drug-likeness (QED) is 0.738. The summed E-state index contributed by atoms with van der Waals surface area (Å²) < 4.78 is 0. The van der Waals surface area contributed by atoms with Crippen molar-refractivity contribution < 1.29 is 9.90 Å². The Labute approximate surface area is 87.3 Å². The van der Waals surface area contributed by atoms with E-state index >= 15 is 0 Å². The summed E-state index contributed by atoms with van der Waals surface area (Å²) in [5.74, 6) is -0.0686. The Bertz CT molecular complexity index is 326. The number of carbonyl (C=O) groups is 1. The lowest BCUT2D eigenvalue weighted by Crippen LogP contribution is -2.12. The van der Waals surface area contributed by atoms with Crippen LogP contribution in [0.2, 0.25) is 0 Å². The minimum absolute atomic E-state index is 0.267. The number of hydrogen-bond acceptors (Lipinski definition) is 3. The summed E-state index contributed by atoms with van der Waals surface area (Å²) in [5.41, 5.74) is 5.88. The second kappa shape index (κ2) is 5.02. The van der Waals surface area contributed by atoms with E-state index in [9.17, 15) is 9.90 Å². The number of benzene rings is 1. The van der Waals surface area contributed by atoms with Crippen LogP contribution in [0.1, 0.15) is 18.6 Å². The Morgan fingerprint density at radius 1 is 1.64 bits per heavy atom. The molecule has 0 heterocycles. The molecule has 76 valence electrons. The highest BCUT2D eigenvalue weighted by atomic mass is 32.2. The maximum Gasteiger partial charge on any atom is 0.227 e. The van der Waals surface area contributed by atoms with E-state index in [1.165, 1.54) is 11.8 Å². The minimum Gasteiger partial charge on any atom is -0.389 e. The van der Waals surface area contributed by atoms with Gasteiger partial charge in [-0.25, -0.2) is 0 Å². The predicted molar refractivity (Wildman–Crippen MR) is 57.0 cm³/mol. The number of nitrogens with two attached hydrogens (primary N) is 1. The molecule has 0 aromatic heterocycles. The average molecular weight is 211 g/mol. The molecule has 1 rings (SSSR count). The molecular weight excluding hydrogens is 198 g/mol. The van der Waals surface area contributed by atoms with Gasteiger partial charge in [0.15, 0.2) is 0 Å². The van der Waals surface area contributed by atoms with Crippen LogP contribution in [0.4, 0.5) is 0 Å². The van der Waals surface area contributed by atoms with Crippen LogP contribution < -0.4 is 5.73 Å². The van der Waals surface area contributed by atoms with Crippen LogP contribution >= 0.6 is 11.8 Å². The van der Waals surface area contributed by atoms with E-state index in [2.05, 4.69) is 0 Å². The van der Waals surface area contributed by atoms with Gasteiger partial charge >= 0.3 is 0 Å². The monoisotopic (exact) mass is 211 g/mol. The van der Waals surface area contributed by atoms with Crippen molar-refractivity contribution in [1.82, 2.24) is 0 Å². The highest BCUT2D eigenvalue weighted by molar-refractivity contribution is 8.00. The number of amides is 1. The van der Waals surface area contributed by atoms with Crippen molar-refractivity contribution in [3.63, 3.8) is 0 Å². The van der Waals surface area contributed by atoms with Crippen molar-refractivity contribution in [3.05, 3.63) is 29.8 Å². The Balaban J connectivity index is 2.68. The maximum atomic E-state index is 10.5. The van der Waals surface area contributed by atoms with Gasteiger partial charge in [0, 0.05) is 4.90 Å². The summed E-state index contributed by atoms with van der Waals surface area (Å²) >= 11 is 1.37. The van der Waals surface area contributed by atoms with Crippen LogP contribution in [0.3, 0.4) is 0 Å². The van der Waals surface area contributed by atoms with Gasteiger partial charge in [0.2, 0.25) is 5.91 Å². The van der Waals surface area contributed by atoms with Crippen LogP contribution in [0, 0.1) is 0 Å². The molecule has 1 aromatic carbocycles. The maximum absolute atomic E-state index is 10.5. The zero-order valence-electron chi connectivity index (χ0n) is 7.93. The van der Waals surface area contributed by atoms with E-state index in [1.54, 1.807) is 6.92 Å². The second-order valence-electron chi connectivity index (χ2n) is 3.00. The summed E-state index contributed by atoms with van der Waals surface area (Å²) in [6, 6.07) is 7.45. The zero-order chi connectivity index (χ0) is 10.6. The first-order valence-electron chi connectivity index (χ1n) is 4.28. The average Bonchev–Trinajstić information content (AvgIpc) is 2.15. The lowest BCUT2D eigenvalue weighted by atomic mass is 10.1. The summed E-state index contributed by atoms with van der Waals surface area (Å²) in [4.78, 5) is 11.5. The van der Waals surface area contributed by atoms with Crippen molar-refractivity contribution in [2.24, 2.45) is 5.73 Å². The lowest BCUT2D eigenvalue weighted by Gasteiger charge is -2.06. The highest BCUT2D eigenvalue weighted by Crippen LogP contribution is 2.21. The molecule has 0 aliphatic carbocycles. The molecule has 1 unspecified atom stereocenters. The number of primary amides is 1. The van der Waals surface area contributed by atoms with Crippen LogP contribution in [0.15, 0.2) is 29.2 Å². The third-order valence-electron chi connectivity index (χ3n) is 1.72. The smallest absolute Gasteiger partial charge is 0.227 e. The molecular formula is C10H13NO2S. The molecule has 0 saturated carbocycles.